The second-order valence-electron chi connectivity index (χ2n) is 10.8. The number of carbonyl (C=O) groups excluding carboxylic acids is 1. The lowest BCUT2D eigenvalue weighted by Crippen LogP contribution is -2.49. The van der Waals surface area contributed by atoms with E-state index in [0.29, 0.717) is 25.5 Å². The summed E-state index contributed by atoms with van der Waals surface area (Å²) in [7, 11) is 1.91. The smallest absolute Gasteiger partial charge is 0.251 e. The van der Waals surface area contributed by atoms with E-state index in [4.69, 9.17) is 4.42 Å². The first-order valence-corrected chi connectivity index (χ1v) is 13.6. The lowest BCUT2D eigenvalue weighted by molar-refractivity contribution is -0.136. The van der Waals surface area contributed by atoms with Gasteiger partial charge in [0.2, 0.25) is 11.8 Å². The highest BCUT2D eigenvalue weighted by molar-refractivity contribution is 9.10. The number of carbonyl (C=O) groups is 1. The van der Waals surface area contributed by atoms with Crippen LogP contribution in [0.2, 0.25) is 0 Å². The molecule has 2 saturated heterocycles. The Bertz CT molecular complexity index is 1340. The molecule has 4 aliphatic rings. The first-order valence-electron chi connectivity index (χ1n) is 12.8. The molecule has 0 radical (unpaired) electrons. The first kappa shape index (κ1) is 24.3. The van der Waals surface area contributed by atoms with E-state index in [-0.39, 0.29) is 34.5 Å². The third kappa shape index (κ3) is 4.49. The summed E-state index contributed by atoms with van der Waals surface area (Å²) in [4.78, 5) is 23.9. The zero-order valence-corrected chi connectivity index (χ0v) is 22.7. The molecule has 1 amide bonds. The molecule has 0 aliphatic carbocycles. The summed E-state index contributed by atoms with van der Waals surface area (Å²) in [5.41, 5.74) is 2.04. The Balaban J connectivity index is 1.46. The maximum absolute atomic E-state index is 15.8. The van der Waals surface area contributed by atoms with E-state index >= 15 is 4.39 Å². The molecule has 3 aromatic rings. The number of halogens is 2. The monoisotopic (exact) mass is 568 g/mol. The van der Waals surface area contributed by atoms with E-state index in [1.807, 2.05) is 29.0 Å². The summed E-state index contributed by atoms with van der Waals surface area (Å²) in [6.45, 7) is 5.77. The molecular weight excluding hydrogens is 539 g/mol. The topological polar surface area (TPSA) is 78.6 Å². The minimum absolute atomic E-state index is 0.0204. The molecule has 8 bridgehead atoms. The van der Waals surface area contributed by atoms with Crippen LogP contribution in [0.4, 0.5) is 15.9 Å². The molecule has 0 spiro atoms. The zero-order chi connectivity index (χ0) is 25.7. The molecule has 8 nitrogen and oxygen atoms in total. The second kappa shape index (κ2) is 9.38. The van der Waals surface area contributed by atoms with E-state index in [9.17, 15) is 4.79 Å². The Morgan fingerprint density at radius 3 is 2.62 bits per heavy atom. The molecule has 6 heterocycles. The van der Waals surface area contributed by atoms with Crippen LogP contribution in [-0.4, -0.2) is 65.8 Å². The number of fused-ring (bicyclic) bond motifs is 4. The molecule has 1 aromatic carbocycles. The molecule has 10 heteroatoms. The van der Waals surface area contributed by atoms with Gasteiger partial charge in [-0.3, -0.25) is 4.79 Å². The van der Waals surface area contributed by atoms with Crippen molar-refractivity contribution in [1.82, 2.24) is 20.1 Å². The number of amides is 1. The SMILES string of the molecule is CN1CC2(C)CCN(CC2)c2cc(Br)ccc2-c2nnc(o2)-c2ccnc(c2F)N2CCCC(C2)C1=O. The zero-order valence-electron chi connectivity index (χ0n) is 21.1. The maximum Gasteiger partial charge on any atom is 0.251 e. The Morgan fingerprint density at radius 1 is 1.08 bits per heavy atom. The van der Waals surface area contributed by atoms with Crippen molar-refractivity contribution in [2.75, 3.05) is 49.6 Å². The third-order valence-electron chi connectivity index (χ3n) is 8.09. The van der Waals surface area contributed by atoms with Gasteiger partial charge in [0.25, 0.3) is 5.89 Å². The molecular formula is C27H30BrFN6O2. The number of pyridine rings is 1. The minimum atomic E-state index is -0.508. The first-order chi connectivity index (χ1) is 17.8. The fourth-order valence-corrected chi connectivity index (χ4v) is 6.33. The van der Waals surface area contributed by atoms with E-state index in [1.54, 1.807) is 12.3 Å². The van der Waals surface area contributed by atoms with Crippen LogP contribution < -0.4 is 9.80 Å². The normalized spacial score (nSPS) is 24.1. The largest absolute Gasteiger partial charge is 0.416 e. The summed E-state index contributed by atoms with van der Waals surface area (Å²) in [6.07, 6.45) is 5.08. The van der Waals surface area contributed by atoms with Gasteiger partial charge in [-0.1, -0.05) is 22.9 Å². The van der Waals surface area contributed by atoms with Crippen molar-refractivity contribution < 1.29 is 13.6 Å². The molecule has 194 valence electrons. The Labute approximate surface area is 224 Å². The highest BCUT2D eigenvalue weighted by atomic mass is 79.9. The van der Waals surface area contributed by atoms with Gasteiger partial charge in [-0.2, -0.15) is 0 Å². The number of anilines is 2. The molecule has 1 atom stereocenters. The standard InChI is InChI=1S/C27H30BrFN6O2/c1-27-8-12-34(13-9-27)21-14-18(28)5-6-19(21)24-31-32-25(37-24)20-7-10-30-23(22(20)29)35-11-3-4-17(15-35)26(36)33(2)16-27/h5-7,10,14,17H,3-4,8-9,11-13,15-16H2,1-2H3. The lowest BCUT2D eigenvalue weighted by atomic mass is 9.79. The maximum atomic E-state index is 15.8. The van der Waals surface area contributed by atoms with Gasteiger partial charge in [0, 0.05) is 50.4 Å². The molecule has 0 saturated carbocycles. The van der Waals surface area contributed by atoms with E-state index in [2.05, 4.69) is 49.0 Å². The number of aromatic nitrogens is 3. The summed E-state index contributed by atoms with van der Waals surface area (Å²) >= 11 is 3.61. The van der Waals surface area contributed by atoms with Crippen molar-refractivity contribution in [3.63, 3.8) is 0 Å². The van der Waals surface area contributed by atoms with Crippen LogP contribution in [0.3, 0.4) is 0 Å². The summed E-state index contributed by atoms with van der Waals surface area (Å²) < 4.78 is 22.8. The number of hydrogen-bond acceptors (Lipinski definition) is 7. The predicted octanol–water partition coefficient (Wildman–Crippen LogP) is 5.00. The van der Waals surface area contributed by atoms with Crippen molar-refractivity contribution in [1.29, 1.82) is 0 Å². The Morgan fingerprint density at radius 2 is 1.84 bits per heavy atom. The van der Waals surface area contributed by atoms with E-state index in [0.717, 1.165) is 54.5 Å². The van der Waals surface area contributed by atoms with Crippen molar-refractivity contribution in [3.05, 3.63) is 40.8 Å². The predicted molar refractivity (Wildman–Crippen MR) is 143 cm³/mol. The van der Waals surface area contributed by atoms with Crippen LogP contribution in [0.1, 0.15) is 32.6 Å². The van der Waals surface area contributed by atoms with Gasteiger partial charge in [0.1, 0.15) is 0 Å². The lowest BCUT2D eigenvalue weighted by Gasteiger charge is -2.43. The second-order valence-corrected chi connectivity index (χ2v) is 11.8. The van der Waals surface area contributed by atoms with Gasteiger partial charge >= 0.3 is 0 Å². The fourth-order valence-electron chi connectivity index (χ4n) is 5.99. The molecule has 7 rings (SSSR count). The van der Waals surface area contributed by atoms with Crippen molar-refractivity contribution in [3.8, 4) is 22.9 Å². The summed E-state index contributed by atoms with van der Waals surface area (Å²) in [6, 6.07) is 7.52. The molecule has 4 aliphatic heterocycles. The number of rotatable bonds is 0. The third-order valence-corrected chi connectivity index (χ3v) is 8.59. The van der Waals surface area contributed by atoms with Crippen LogP contribution >= 0.6 is 15.9 Å². The van der Waals surface area contributed by atoms with E-state index in [1.165, 1.54) is 0 Å². The average molecular weight is 569 g/mol. The van der Waals surface area contributed by atoms with Gasteiger partial charge in [0.05, 0.1) is 22.7 Å². The van der Waals surface area contributed by atoms with Gasteiger partial charge < -0.3 is 19.1 Å². The number of benzene rings is 1. The van der Waals surface area contributed by atoms with Gasteiger partial charge in [0.15, 0.2) is 11.6 Å². The molecule has 0 N–H and O–H groups in total. The molecule has 2 aromatic heterocycles. The van der Waals surface area contributed by atoms with Gasteiger partial charge in [-0.15, -0.1) is 10.2 Å². The van der Waals surface area contributed by atoms with Crippen LogP contribution in [-0.2, 0) is 4.79 Å². The van der Waals surface area contributed by atoms with Crippen LogP contribution in [0, 0.1) is 17.2 Å². The highest BCUT2D eigenvalue weighted by Crippen LogP contribution is 2.40. The number of nitrogens with zero attached hydrogens (tertiary/aromatic N) is 6. The molecule has 2 fully saturated rings. The van der Waals surface area contributed by atoms with Crippen LogP contribution in [0.25, 0.3) is 22.9 Å². The van der Waals surface area contributed by atoms with Gasteiger partial charge in [-0.05, 0) is 55.4 Å². The fraction of sp³-hybridized carbons (Fsp3) is 0.481. The van der Waals surface area contributed by atoms with E-state index < -0.39 is 5.82 Å². The van der Waals surface area contributed by atoms with Crippen LogP contribution in [0.15, 0.2) is 39.4 Å². The van der Waals surface area contributed by atoms with Crippen molar-refractivity contribution >= 4 is 33.3 Å². The molecule has 1 unspecified atom stereocenters. The minimum Gasteiger partial charge on any atom is -0.416 e. The summed E-state index contributed by atoms with van der Waals surface area (Å²) in [5.74, 6) is 0.119. The quantitative estimate of drug-likeness (QED) is 0.377. The summed E-state index contributed by atoms with van der Waals surface area (Å²) in [5, 5.41) is 8.52. The Kier molecular flexibility index (Phi) is 6.17. The highest BCUT2D eigenvalue weighted by Gasteiger charge is 2.36. The van der Waals surface area contributed by atoms with Gasteiger partial charge in [-0.25, -0.2) is 9.37 Å². The average Bonchev–Trinajstić information content (AvgIpc) is 3.38. The van der Waals surface area contributed by atoms with Crippen molar-refractivity contribution in [2.45, 2.75) is 32.6 Å². The van der Waals surface area contributed by atoms with Crippen LogP contribution in [0.5, 0.6) is 0 Å². The Hall–Kier alpha value is -3.01. The molecule has 37 heavy (non-hydrogen) atoms. The number of piperidine rings is 2. The number of hydrogen-bond donors (Lipinski definition) is 0. The van der Waals surface area contributed by atoms with Crippen molar-refractivity contribution in [2.24, 2.45) is 11.3 Å².